The number of nitrogens with one attached hydrogen (secondary N) is 2. The van der Waals surface area contributed by atoms with Crippen LogP contribution < -0.4 is 10.6 Å². The second-order valence-corrected chi connectivity index (χ2v) is 6.02. The van der Waals surface area contributed by atoms with Crippen molar-refractivity contribution in [2.24, 2.45) is 0 Å². The molecule has 0 aliphatic carbocycles. The van der Waals surface area contributed by atoms with Gasteiger partial charge in [-0.3, -0.25) is 9.59 Å². The van der Waals surface area contributed by atoms with E-state index < -0.39 is 35.8 Å². The van der Waals surface area contributed by atoms with Crippen LogP contribution in [0.5, 0.6) is 0 Å². The Bertz CT molecular complexity index is 974. The smallest absolute Gasteiger partial charge is 0.254 e. The Kier molecular flexibility index (Phi) is 4.66. The highest BCUT2D eigenvalue weighted by Crippen LogP contribution is 2.26. The predicted octanol–water partition coefficient (Wildman–Crippen LogP) is 3.08. The summed E-state index contributed by atoms with van der Waals surface area (Å²) in [4.78, 5) is 27.8. The zero-order valence-corrected chi connectivity index (χ0v) is 13.3. The molecule has 2 N–H and O–H groups in total. The highest BCUT2D eigenvalue weighted by molar-refractivity contribution is 7.22. The van der Waals surface area contributed by atoms with E-state index in [9.17, 15) is 22.8 Å². The molecule has 0 saturated carbocycles. The number of rotatable bonds is 4. The van der Waals surface area contributed by atoms with Crippen LogP contribution in [0.4, 0.5) is 18.3 Å². The SMILES string of the molecule is O=C(CNC(=O)c1ccc(F)cc1F)Nc1nc2ccc(F)cc2s1. The summed E-state index contributed by atoms with van der Waals surface area (Å²) in [5, 5.41) is 4.93. The summed E-state index contributed by atoms with van der Waals surface area (Å²) in [6, 6.07) is 6.54. The van der Waals surface area contributed by atoms with Crippen molar-refractivity contribution in [1.82, 2.24) is 10.3 Å². The summed E-state index contributed by atoms with van der Waals surface area (Å²) in [5.41, 5.74) is 0.156. The van der Waals surface area contributed by atoms with E-state index in [4.69, 9.17) is 0 Å². The maximum atomic E-state index is 13.5. The normalized spacial score (nSPS) is 10.7. The van der Waals surface area contributed by atoms with Gasteiger partial charge in [0.25, 0.3) is 5.91 Å². The number of thiazole rings is 1. The summed E-state index contributed by atoms with van der Waals surface area (Å²) in [7, 11) is 0. The molecular weight excluding hydrogens is 355 g/mol. The fraction of sp³-hybridized carbons (Fsp3) is 0.0625. The number of anilines is 1. The Balaban J connectivity index is 1.61. The van der Waals surface area contributed by atoms with Gasteiger partial charge in [0, 0.05) is 6.07 Å². The minimum Gasteiger partial charge on any atom is -0.343 e. The van der Waals surface area contributed by atoms with Gasteiger partial charge in [-0.15, -0.1) is 0 Å². The van der Waals surface area contributed by atoms with Crippen LogP contribution in [0.25, 0.3) is 10.2 Å². The first-order chi connectivity index (χ1) is 11.9. The van der Waals surface area contributed by atoms with Crippen molar-refractivity contribution in [2.75, 3.05) is 11.9 Å². The molecule has 0 aliphatic rings. The summed E-state index contributed by atoms with van der Waals surface area (Å²) in [6.07, 6.45) is 0. The monoisotopic (exact) mass is 365 g/mol. The fourth-order valence-corrected chi connectivity index (χ4v) is 2.95. The summed E-state index contributed by atoms with van der Waals surface area (Å²) in [6.45, 7) is -0.431. The van der Waals surface area contributed by atoms with Gasteiger partial charge < -0.3 is 10.6 Å². The van der Waals surface area contributed by atoms with Crippen LogP contribution in [-0.2, 0) is 4.79 Å². The molecule has 5 nitrogen and oxygen atoms in total. The second-order valence-electron chi connectivity index (χ2n) is 4.99. The van der Waals surface area contributed by atoms with Gasteiger partial charge in [-0.2, -0.15) is 0 Å². The fourth-order valence-electron chi connectivity index (χ4n) is 2.04. The average molecular weight is 365 g/mol. The number of hydrogen-bond donors (Lipinski definition) is 2. The third-order valence-corrected chi connectivity index (χ3v) is 4.12. The number of benzene rings is 2. The van der Waals surface area contributed by atoms with Crippen molar-refractivity contribution in [3.05, 3.63) is 59.4 Å². The number of fused-ring (bicyclic) bond motifs is 1. The quantitative estimate of drug-likeness (QED) is 0.746. The highest BCUT2D eigenvalue weighted by atomic mass is 32.1. The Morgan fingerprint density at radius 3 is 2.52 bits per heavy atom. The Labute approximate surface area is 143 Å². The molecule has 1 aromatic heterocycles. The van der Waals surface area contributed by atoms with Crippen LogP contribution in [0.3, 0.4) is 0 Å². The summed E-state index contributed by atoms with van der Waals surface area (Å²) < 4.78 is 40.0. The van der Waals surface area contributed by atoms with Crippen LogP contribution in [-0.4, -0.2) is 23.3 Å². The molecule has 0 radical (unpaired) electrons. The molecule has 0 fully saturated rings. The molecule has 128 valence electrons. The molecule has 0 bridgehead atoms. The Morgan fingerprint density at radius 1 is 1.04 bits per heavy atom. The molecule has 2 aromatic carbocycles. The van der Waals surface area contributed by atoms with Crippen LogP contribution in [0.1, 0.15) is 10.4 Å². The molecule has 2 amide bonds. The number of carbonyl (C=O) groups excluding carboxylic acids is 2. The zero-order chi connectivity index (χ0) is 18.0. The molecule has 0 spiro atoms. The maximum absolute atomic E-state index is 13.5. The molecule has 9 heteroatoms. The molecule has 0 saturated heterocycles. The van der Waals surface area contributed by atoms with Crippen molar-refractivity contribution in [3.63, 3.8) is 0 Å². The average Bonchev–Trinajstić information content (AvgIpc) is 2.93. The molecule has 0 unspecified atom stereocenters. The van der Waals surface area contributed by atoms with Crippen molar-refractivity contribution in [2.45, 2.75) is 0 Å². The molecule has 1 heterocycles. The minimum atomic E-state index is -1.02. The van der Waals surface area contributed by atoms with Crippen LogP contribution in [0, 0.1) is 17.5 Å². The van der Waals surface area contributed by atoms with Gasteiger partial charge in [-0.1, -0.05) is 11.3 Å². The molecule has 0 atom stereocenters. The first-order valence-corrected chi connectivity index (χ1v) is 7.83. The summed E-state index contributed by atoms with van der Waals surface area (Å²) >= 11 is 1.08. The Morgan fingerprint density at radius 2 is 1.76 bits per heavy atom. The van der Waals surface area contributed by atoms with Crippen LogP contribution in [0.2, 0.25) is 0 Å². The number of hydrogen-bond acceptors (Lipinski definition) is 4. The van der Waals surface area contributed by atoms with Gasteiger partial charge in [0.1, 0.15) is 17.5 Å². The molecule has 0 aliphatic heterocycles. The first kappa shape index (κ1) is 16.9. The van der Waals surface area contributed by atoms with E-state index in [2.05, 4.69) is 15.6 Å². The lowest BCUT2D eigenvalue weighted by molar-refractivity contribution is -0.115. The van der Waals surface area contributed by atoms with E-state index in [0.717, 1.165) is 23.5 Å². The van der Waals surface area contributed by atoms with Crippen molar-refractivity contribution < 1.29 is 22.8 Å². The van der Waals surface area contributed by atoms with Crippen LogP contribution in [0.15, 0.2) is 36.4 Å². The zero-order valence-electron chi connectivity index (χ0n) is 12.5. The molecule has 3 rings (SSSR count). The third kappa shape index (κ3) is 3.94. The number of aromatic nitrogens is 1. The van der Waals surface area contributed by atoms with Gasteiger partial charge in [-0.25, -0.2) is 18.2 Å². The topological polar surface area (TPSA) is 71.1 Å². The second kappa shape index (κ2) is 6.89. The van der Waals surface area contributed by atoms with Crippen molar-refractivity contribution in [1.29, 1.82) is 0 Å². The number of carbonyl (C=O) groups is 2. The first-order valence-electron chi connectivity index (χ1n) is 7.01. The van der Waals surface area contributed by atoms with E-state index in [0.29, 0.717) is 16.3 Å². The molecule has 25 heavy (non-hydrogen) atoms. The van der Waals surface area contributed by atoms with Crippen molar-refractivity contribution >= 4 is 38.5 Å². The van der Waals surface area contributed by atoms with E-state index >= 15 is 0 Å². The van der Waals surface area contributed by atoms with Gasteiger partial charge in [0.15, 0.2) is 5.13 Å². The maximum Gasteiger partial charge on any atom is 0.254 e. The van der Waals surface area contributed by atoms with Gasteiger partial charge in [-0.05, 0) is 30.3 Å². The summed E-state index contributed by atoms with van der Waals surface area (Å²) in [5.74, 6) is -3.68. The highest BCUT2D eigenvalue weighted by Gasteiger charge is 2.14. The lowest BCUT2D eigenvalue weighted by Gasteiger charge is -2.06. The van der Waals surface area contributed by atoms with Crippen molar-refractivity contribution in [3.8, 4) is 0 Å². The lowest BCUT2D eigenvalue weighted by atomic mass is 10.2. The van der Waals surface area contributed by atoms with E-state index in [-0.39, 0.29) is 10.7 Å². The number of halogens is 3. The number of amides is 2. The van der Waals surface area contributed by atoms with Gasteiger partial charge in [0.05, 0.1) is 22.3 Å². The Hall–Kier alpha value is -2.94. The number of nitrogens with zero attached hydrogens (tertiary/aromatic N) is 1. The predicted molar refractivity (Wildman–Crippen MR) is 86.9 cm³/mol. The largest absolute Gasteiger partial charge is 0.343 e. The molecular formula is C16H10F3N3O2S. The minimum absolute atomic E-state index is 0.243. The van der Waals surface area contributed by atoms with E-state index in [1.54, 1.807) is 0 Å². The van der Waals surface area contributed by atoms with Gasteiger partial charge in [0.2, 0.25) is 5.91 Å². The third-order valence-electron chi connectivity index (χ3n) is 3.18. The van der Waals surface area contributed by atoms with Crippen LogP contribution >= 0.6 is 11.3 Å². The molecule has 3 aromatic rings. The standard InChI is InChI=1S/C16H10F3N3O2S/c17-8-1-3-10(11(19)5-8)15(24)20-7-14(23)22-16-21-12-4-2-9(18)6-13(12)25-16/h1-6H,7H2,(H,20,24)(H,21,22,23). The van der Waals surface area contributed by atoms with E-state index in [1.165, 1.54) is 18.2 Å². The van der Waals surface area contributed by atoms with E-state index in [1.807, 2.05) is 0 Å². The van der Waals surface area contributed by atoms with Gasteiger partial charge >= 0.3 is 0 Å². The lowest BCUT2D eigenvalue weighted by Crippen LogP contribution is -2.33.